The third kappa shape index (κ3) is 6.48. The Balaban J connectivity index is 2.11. The van der Waals surface area contributed by atoms with E-state index in [0.29, 0.717) is 19.3 Å². The molecule has 0 bridgehead atoms. The van der Waals surface area contributed by atoms with Crippen molar-refractivity contribution in [2.24, 2.45) is 0 Å². The van der Waals surface area contributed by atoms with Crippen molar-refractivity contribution in [2.75, 3.05) is 6.61 Å². The summed E-state index contributed by atoms with van der Waals surface area (Å²) >= 11 is 0. The van der Waals surface area contributed by atoms with Crippen LogP contribution in [0.5, 0.6) is 0 Å². The molecule has 2 aromatic carbocycles. The first-order valence-electron chi connectivity index (χ1n) is 9.10. The highest BCUT2D eigenvalue weighted by Gasteiger charge is 2.28. The van der Waals surface area contributed by atoms with Gasteiger partial charge >= 0.3 is 5.97 Å². The maximum absolute atomic E-state index is 12.6. The SMILES string of the molecule is CCCOC(=O)[C@@H](CCCc1ccccc1)OS(=O)(=O)c1cccc(C#N)c1. The van der Waals surface area contributed by atoms with Crippen molar-refractivity contribution in [3.63, 3.8) is 0 Å². The minimum absolute atomic E-state index is 0.164. The largest absolute Gasteiger partial charge is 0.464 e. The lowest BCUT2D eigenvalue weighted by Gasteiger charge is -2.16. The number of carbonyl (C=O) groups is 1. The van der Waals surface area contributed by atoms with Gasteiger partial charge in [0.25, 0.3) is 10.1 Å². The van der Waals surface area contributed by atoms with E-state index >= 15 is 0 Å². The molecule has 0 spiro atoms. The Morgan fingerprint density at radius 1 is 1.14 bits per heavy atom. The molecule has 0 aliphatic rings. The summed E-state index contributed by atoms with van der Waals surface area (Å²) in [4.78, 5) is 12.1. The maximum Gasteiger partial charge on any atom is 0.336 e. The molecule has 6 nitrogen and oxygen atoms in total. The molecule has 1 atom stereocenters. The van der Waals surface area contributed by atoms with Gasteiger partial charge in [-0.3, -0.25) is 4.18 Å². The Labute approximate surface area is 165 Å². The number of nitrogens with zero attached hydrogens (tertiary/aromatic N) is 1. The molecule has 0 aromatic heterocycles. The van der Waals surface area contributed by atoms with Crippen LogP contribution in [0.1, 0.15) is 37.3 Å². The molecule has 0 saturated carbocycles. The standard InChI is InChI=1S/C21H23NO5S/c1-2-14-26-21(23)20(13-7-10-17-8-4-3-5-9-17)27-28(24,25)19-12-6-11-18(15-19)16-22/h3-6,8-9,11-12,15,20H,2,7,10,13-14H2,1H3/t20-/m1/s1. The molecule has 0 radical (unpaired) electrons. The summed E-state index contributed by atoms with van der Waals surface area (Å²) in [5.41, 5.74) is 1.28. The van der Waals surface area contributed by atoms with Gasteiger partial charge in [0.2, 0.25) is 0 Å². The van der Waals surface area contributed by atoms with E-state index in [2.05, 4.69) is 0 Å². The third-order valence-corrected chi connectivity index (χ3v) is 5.30. The van der Waals surface area contributed by atoms with Gasteiger partial charge < -0.3 is 4.74 Å². The molecule has 0 saturated heterocycles. The number of nitriles is 1. The highest BCUT2D eigenvalue weighted by atomic mass is 32.2. The number of carbonyl (C=O) groups excluding carboxylic acids is 1. The summed E-state index contributed by atoms with van der Waals surface area (Å²) in [6.07, 6.45) is 0.842. The molecular formula is C21H23NO5S. The van der Waals surface area contributed by atoms with Crippen molar-refractivity contribution in [1.82, 2.24) is 0 Å². The number of rotatable bonds is 10. The normalized spacial score (nSPS) is 12.1. The number of esters is 1. The summed E-state index contributed by atoms with van der Waals surface area (Å²) in [5.74, 6) is -0.699. The van der Waals surface area contributed by atoms with Crippen molar-refractivity contribution < 1.29 is 22.1 Å². The predicted octanol–water partition coefficient (Wildman–Crippen LogP) is 3.61. The second-order valence-corrected chi connectivity index (χ2v) is 7.80. The van der Waals surface area contributed by atoms with Crippen LogP contribution in [0.15, 0.2) is 59.5 Å². The first-order valence-corrected chi connectivity index (χ1v) is 10.5. The van der Waals surface area contributed by atoms with Gasteiger partial charge in [0, 0.05) is 0 Å². The molecular weight excluding hydrogens is 378 g/mol. The van der Waals surface area contributed by atoms with Crippen LogP contribution < -0.4 is 0 Å². The monoisotopic (exact) mass is 401 g/mol. The van der Waals surface area contributed by atoms with Gasteiger partial charge in [0.1, 0.15) is 0 Å². The Morgan fingerprint density at radius 2 is 1.89 bits per heavy atom. The van der Waals surface area contributed by atoms with Crippen LogP contribution in [0.25, 0.3) is 0 Å². The summed E-state index contributed by atoms with van der Waals surface area (Å²) in [6.45, 7) is 2.05. The second kappa shape index (κ2) is 10.6. The Hall–Kier alpha value is -2.69. The van der Waals surface area contributed by atoms with Gasteiger partial charge in [-0.25, -0.2) is 4.79 Å². The summed E-state index contributed by atoms with van der Waals surface area (Å²) in [5, 5.41) is 8.96. The quantitative estimate of drug-likeness (QED) is 0.446. The van der Waals surface area contributed by atoms with Crippen LogP contribution >= 0.6 is 0 Å². The van der Waals surface area contributed by atoms with Crippen LogP contribution in [0.4, 0.5) is 0 Å². The van der Waals surface area contributed by atoms with Crippen molar-refractivity contribution in [3.8, 4) is 6.07 Å². The van der Waals surface area contributed by atoms with Crippen LogP contribution in [0, 0.1) is 11.3 Å². The van der Waals surface area contributed by atoms with Crippen molar-refractivity contribution in [3.05, 3.63) is 65.7 Å². The third-order valence-electron chi connectivity index (χ3n) is 3.98. The van der Waals surface area contributed by atoms with Crippen LogP contribution in [0.2, 0.25) is 0 Å². The second-order valence-electron chi connectivity index (χ2n) is 6.22. The minimum atomic E-state index is -4.21. The molecule has 2 aromatic rings. The number of hydrogen-bond acceptors (Lipinski definition) is 6. The van der Waals surface area contributed by atoms with E-state index in [1.54, 1.807) is 0 Å². The molecule has 0 aliphatic carbocycles. The van der Waals surface area contributed by atoms with E-state index in [-0.39, 0.29) is 23.5 Å². The number of benzene rings is 2. The average Bonchev–Trinajstić information content (AvgIpc) is 2.72. The Bertz CT molecular complexity index is 919. The van der Waals surface area contributed by atoms with E-state index < -0.39 is 22.2 Å². The fourth-order valence-electron chi connectivity index (χ4n) is 2.57. The topological polar surface area (TPSA) is 93.5 Å². The lowest BCUT2D eigenvalue weighted by molar-refractivity contribution is -0.152. The zero-order chi connectivity index (χ0) is 20.4. The van der Waals surface area contributed by atoms with Gasteiger partial charge in [-0.05, 0) is 49.4 Å². The predicted molar refractivity (Wildman–Crippen MR) is 104 cm³/mol. The molecule has 0 amide bonds. The van der Waals surface area contributed by atoms with E-state index in [1.807, 2.05) is 43.3 Å². The van der Waals surface area contributed by atoms with Crippen LogP contribution in [-0.2, 0) is 30.3 Å². The first kappa shape index (κ1) is 21.6. The average molecular weight is 401 g/mol. The molecule has 0 aliphatic heterocycles. The van der Waals surface area contributed by atoms with Gasteiger partial charge in [-0.2, -0.15) is 13.7 Å². The fourth-order valence-corrected chi connectivity index (χ4v) is 3.68. The Morgan fingerprint density at radius 3 is 2.57 bits per heavy atom. The lowest BCUT2D eigenvalue weighted by atomic mass is 10.1. The summed E-state index contributed by atoms with van der Waals surface area (Å²) < 4.78 is 35.5. The first-order chi connectivity index (χ1) is 13.5. The maximum atomic E-state index is 12.6. The van der Waals surface area contributed by atoms with Gasteiger partial charge in [-0.15, -0.1) is 0 Å². The summed E-state index contributed by atoms with van der Waals surface area (Å²) in [6, 6.07) is 17.1. The number of aryl methyl sites for hydroxylation is 1. The van der Waals surface area contributed by atoms with E-state index in [4.69, 9.17) is 14.2 Å². The number of hydrogen-bond donors (Lipinski definition) is 0. The highest BCUT2D eigenvalue weighted by molar-refractivity contribution is 7.86. The van der Waals surface area contributed by atoms with Crippen molar-refractivity contribution in [2.45, 2.75) is 43.6 Å². The van der Waals surface area contributed by atoms with Gasteiger partial charge in [0.05, 0.1) is 23.1 Å². The van der Waals surface area contributed by atoms with Crippen LogP contribution in [-0.4, -0.2) is 27.1 Å². The molecule has 7 heteroatoms. The lowest BCUT2D eigenvalue weighted by Crippen LogP contribution is -2.30. The van der Waals surface area contributed by atoms with Gasteiger partial charge in [0.15, 0.2) is 6.10 Å². The zero-order valence-electron chi connectivity index (χ0n) is 15.7. The molecule has 148 valence electrons. The van der Waals surface area contributed by atoms with E-state index in [0.717, 1.165) is 5.56 Å². The minimum Gasteiger partial charge on any atom is -0.464 e. The molecule has 0 fully saturated rings. The van der Waals surface area contributed by atoms with Crippen molar-refractivity contribution in [1.29, 1.82) is 5.26 Å². The molecule has 2 rings (SSSR count). The van der Waals surface area contributed by atoms with E-state index in [9.17, 15) is 13.2 Å². The highest BCUT2D eigenvalue weighted by Crippen LogP contribution is 2.19. The molecule has 0 unspecified atom stereocenters. The zero-order valence-corrected chi connectivity index (χ0v) is 16.5. The van der Waals surface area contributed by atoms with E-state index in [1.165, 1.54) is 24.3 Å². The molecule has 0 heterocycles. The van der Waals surface area contributed by atoms with Crippen molar-refractivity contribution >= 4 is 16.1 Å². The fraction of sp³-hybridized carbons (Fsp3) is 0.333. The molecule has 0 N–H and O–H groups in total. The van der Waals surface area contributed by atoms with Crippen LogP contribution in [0.3, 0.4) is 0 Å². The smallest absolute Gasteiger partial charge is 0.336 e. The molecule has 28 heavy (non-hydrogen) atoms. The number of ether oxygens (including phenoxy) is 1. The van der Waals surface area contributed by atoms with Gasteiger partial charge in [-0.1, -0.05) is 43.3 Å². The Kier molecular flexibility index (Phi) is 8.18. The summed E-state index contributed by atoms with van der Waals surface area (Å²) in [7, 11) is -4.21.